The molecule has 0 heterocycles. The molecule has 0 saturated carbocycles. The second kappa shape index (κ2) is 4.42. The molecule has 0 unspecified atom stereocenters. The van der Waals surface area contributed by atoms with Gasteiger partial charge in [-0.25, -0.2) is 0 Å². The van der Waals surface area contributed by atoms with E-state index in [9.17, 15) is 0 Å². The van der Waals surface area contributed by atoms with Gasteiger partial charge in [-0.2, -0.15) is 0 Å². The molecule has 0 amide bonds. The Bertz CT molecular complexity index is 432. The van der Waals surface area contributed by atoms with Crippen LogP contribution in [0.4, 0.5) is 17.1 Å². The third kappa shape index (κ3) is 2.44. The fraction of sp³-hybridized carbons (Fsp3) is 0. The Morgan fingerprint density at radius 3 is 2.00 bits per heavy atom. The van der Waals surface area contributed by atoms with E-state index in [-0.39, 0.29) is 0 Å². The number of nitrogens with one attached hydrogen (secondary N) is 1. The summed E-state index contributed by atoms with van der Waals surface area (Å²) in [5.41, 5.74) is 3.01. The zero-order chi connectivity index (χ0) is 10.5. The first-order chi connectivity index (χ1) is 7.38. The Labute approximate surface area is 89.3 Å². The van der Waals surface area contributed by atoms with Crippen LogP contribution < -0.4 is 5.32 Å². The topological polar surface area (TPSA) is 24.4 Å². The molecule has 0 spiro atoms. The molecule has 2 nitrogen and oxygen atoms in total. The highest BCUT2D eigenvalue weighted by molar-refractivity contribution is 5.62. The van der Waals surface area contributed by atoms with Crippen molar-refractivity contribution in [3.63, 3.8) is 0 Å². The molecule has 0 radical (unpaired) electrons. The van der Waals surface area contributed by atoms with Crippen LogP contribution in [0.5, 0.6) is 0 Å². The van der Waals surface area contributed by atoms with E-state index >= 15 is 0 Å². The van der Waals surface area contributed by atoms with Crippen LogP contribution in [0.2, 0.25) is 0 Å². The number of nitrogens with zero attached hydrogens (tertiary/aromatic N) is 1. The van der Waals surface area contributed by atoms with E-state index in [4.69, 9.17) is 0 Å². The lowest BCUT2D eigenvalue weighted by Crippen LogP contribution is -1.88. The van der Waals surface area contributed by atoms with E-state index in [1.54, 1.807) is 0 Å². The van der Waals surface area contributed by atoms with Gasteiger partial charge in [0.05, 0.1) is 5.69 Å². The molecule has 2 rings (SSSR count). The van der Waals surface area contributed by atoms with Crippen molar-refractivity contribution in [1.29, 1.82) is 0 Å². The van der Waals surface area contributed by atoms with E-state index in [2.05, 4.69) is 17.0 Å². The summed E-state index contributed by atoms with van der Waals surface area (Å²) in [6.45, 7) is 3.47. The van der Waals surface area contributed by atoms with Gasteiger partial charge in [0, 0.05) is 11.4 Å². The Balaban J connectivity index is 2.15. The van der Waals surface area contributed by atoms with Gasteiger partial charge >= 0.3 is 0 Å². The fourth-order valence-electron chi connectivity index (χ4n) is 1.34. The fourth-order valence-corrected chi connectivity index (χ4v) is 1.34. The molecule has 0 fully saturated rings. The zero-order valence-corrected chi connectivity index (χ0v) is 8.35. The lowest BCUT2D eigenvalue weighted by atomic mass is 10.2. The third-order valence-corrected chi connectivity index (χ3v) is 2.11. The first-order valence-corrected chi connectivity index (χ1v) is 4.77. The average Bonchev–Trinajstić information content (AvgIpc) is 2.31. The molecule has 1 N–H and O–H groups in total. The van der Waals surface area contributed by atoms with Crippen LogP contribution in [0.3, 0.4) is 0 Å². The van der Waals surface area contributed by atoms with E-state index < -0.39 is 0 Å². The number of aliphatic imine (C=N–C) groups is 1. The summed E-state index contributed by atoms with van der Waals surface area (Å²) in [6, 6.07) is 17.9. The van der Waals surface area contributed by atoms with Crippen LogP contribution in [-0.2, 0) is 0 Å². The number of hydrogen-bond donors (Lipinski definition) is 1. The largest absolute Gasteiger partial charge is 0.356 e. The van der Waals surface area contributed by atoms with Crippen LogP contribution in [0.1, 0.15) is 0 Å². The van der Waals surface area contributed by atoms with Gasteiger partial charge in [-0.3, -0.25) is 4.99 Å². The minimum Gasteiger partial charge on any atom is -0.356 e. The second-order valence-corrected chi connectivity index (χ2v) is 3.20. The summed E-state index contributed by atoms with van der Waals surface area (Å²) in [5, 5.41) is 3.29. The molecule has 0 aromatic heterocycles. The van der Waals surface area contributed by atoms with E-state index in [0.717, 1.165) is 17.1 Å². The van der Waals surface area contributed by atoms with Crippen molar-refractivity contribution in [3.05, 3.63) is 54.6 Å². The van der Waals surface area contributed by atoms with Crippen LogP contribution in [-0.4, -0.2) is 6.72 Å². The second-order valence-electron chi connectivity index (χ2n) is 3.20. The first kappa shape index (κ1) is 9.46. The number of benzene rings is 2. The zero-order valence-electron chi connectivity index (χ0n) is 8.35. The summed E-state index contributed by atoms with van der Waals surface area (Å²) in [4.78, 5) is 3.84. The monoisotopic (exact) mass is 196 g/mol. The predicted octanol–water partition coefficient (Wildman–Crippen LogP) is 3.76. The van der Waals surface area contributed by atoms with E-state index in [0.29, 0.717) is 0 Å². The average molecular weight is 196 g/mol. The van der Waals surface area contributed by atoms with Crippen LogP contribution in [0.15, 0.2) is 59.6 Å². The highest BCUT2D eigenvalue weighted by Crippen LogP contribution is 2.19. The summed E-state index contributed by atoms with van der Waals surface area (Å²) < 4.78 is 0. The molecular formula is C13H12N2. The van der Waals surface area contributed by atoms with Gasteiger partial charge in [0.25, 0.3) is 0 Å². The lowest BCUT2D eigenvalue weighted by molar-refractivity contribution is 1.51. The van der Waals surface area contributed by atoms with Crippen molar-refractivity contribution < 1.29 is 0 Å². The van der Waals surface area contributed by atoms with Gasteiger partial charge in [0.15, 0.2) is 0 Å². The van der Waals surface area contributed by atoms with Crippen molar-refractivity contribution in [2.24, 2.45) is 4.99 Å². The molecule has 0 aliphatic carbocycles. The quantitative estimate of drug-likeness (QED) is 0.742. The highest BCUT2D eigenvalue weighted by Gasteiger charge is 1.93. The molecule has 2 aromatic rings. The van der Waals surface area contributed by atoms with E-state index in [1.807, 2.05) is 54.6 Å². The Kier molecular flexibility index (Phi) is 2.79. The Hall–Kier alpha value is -2.09. The number of anilines is 2. The van der Waals surface area contributed by atoms with Crippen LogP contribution in [0, 0.1) is 0 Å². The van der Waals surface area contributed by atoms with Gasteiger partial charge in [-0.1, -0.05) is 18.2 Å². The lowest BCUT2D eigenvalue weighted by Gasteiger charge is -2.05. The molecule has 0 bridgehead atoms. The van der Waals surface area contributed by atoms with Gasteiger partial charge in [-0.05, 0) is 43.1 Å². The number of rotatable bonds is 3. The molecule has 0 aliphatic heterocycles. The molecule has 0 aliphatic rings. The third-order valence-electron chi connectivity index (χ3n) is 2.11. The maximum absolute atomic E-state index is 3.84. The summed E-state index contributed by atoms with van der Waals surface area (Å²) >= 11 is 0. The molecule has 74 valence electrons. The molecule has 0 saturated heterocycles. The summed E-state index contributed by atoms with van der Waals surface area (Å²) in [7, 11) is 0. The normalized spacial score (nSPS) is 9.60. The molecule has 2 aromatic carbocycles. The molecule has 2 heteroatoms. The Morgan fingerprint density at radius 1 is 0.800 bits per heavy atom. The SMILES string of the molecule is C=Nc1ccc(Nc2ccccc2)cc1. The molecule has 15 heavy (non-hydrogen) atoms. The first-order valence-electron chi connectivity index (χ1n) is 4.77. The summed E-state index contributed by atoms with van der Waals surface area (Å²) in [6.07, 6.45) is 0. The molecular weight excluding hydrogens is 184 g/mol. The van der Waals surface area contributed by atoms with Gasteiger partial charge in [0.1, 0.15) is 0 Å². The van der Waals surface area contributed by atoms with Crippen molar-refractivity contribution >= 4 is 23.8 Å². The van der Waals surface area contributed by atoms with Crippen LogP contribution >= 0.6 is 0 Å². The van der Waals surface area contributed by atoms with Crippen LogP contribution in [0.25, 0.3) is 0 Å². The smallest absolute Gasteiger partial charge is 0.0623 e. The highest BCUT2D eigenvalue weighted by atomic mass is 14.9. The van der Waals surface area contributed by atoms with Crippen molar-refractivity contribution in [2.75, 3.05) is 5.32 Å². The predicted molar refractivity (Wildman–Crippen MR) is 65.4 cm³/mol. The minimum atomic E-state index is 0.883. The number of hydrogen-bond acceptors (Lipinski definition) is 2. The van der Waals surface area contributed by atoms with Crippen molar-refractivity contribution in [3.8, 4) is 0 Å². The van der Waals surface area contributed by atoms with Gasteiger partial charge in [-0.15, -0.1) is 0 Å². The summed E-state index contributed by atoms with van der Waals surface area (Å²) in [5.74, 6) is 0. The van der Waals surface area contributed by atoms with Crippen molar-refractivity contribution in [1.82, 2.24) is 0 Å². The molecule has 0 atom stereocenters. The minimum absolute atomic E-state index is 0.883. The Morgan fingerprint density at radius 2 is 1.40 bits per heavy atom. The maximum atomic E-state index is 3.84. The van der Waals surface area contributed by atoms with Gasteiger partial charge in [0.2, 0.25) is 0 Å². The maximum Gasteiger partial charge on any atom is 0.0623 e. The number of para-hydroxylation sites is 1. The van der Waals surface area contributed by atoms with Crippen molar-refractivity contribution in [2.45, 2.75) is 0 Å². The van der Waals surface area contributed by atoms with E-state index in [1.165, 1.54) is 0 Å². The standard InChI is InChI=1S/C13H12N2/c1-14-11-7-9-13(10-8-11)15-12-5-3-2-4-6-12/h2-10,15H,1H2. The van der Waals surface area contributed by atoms with Gasteiger partial charge < -0.3 is 5.32 Å².